The summed E-state index contributed by atoms with van der Waals surface area (Å²) in [5.41, 5.74) is 0.251. The number of carbonyl (C=O) groups excluding carboxylic acids is 1. The van der Waals surface area contributed by atoms with Gasteiger partial charge in [-0.3, -0.25) is 9.69 Å². The summed E-state index contributed by atoms with van der Waals surface area (Å²) in [6, 6.07) is 5.96. The molecule has 1 aliphatic rings. The molecule has 2 aromatic rings. The minimum absolute atomic E-state index is 0.143. The van der Waals surface area contributed by atoms with E-state index in [-0.39, 0.29) is 18.9 Å². The fourth-order valence-electron chi connectivity index (χ4n) is 2.64. The molecule has 0 saturated carbocycles. The minimum Gasteiger partial charge on any atom is -0.388 e. The fourth-order valence-corrected chi connectivity index (χ4v) is 2.64. The van der Waals surface area contributed by atoms with E-state index in [0.29, 0.717) is 22.7 Å². The number of carbonyl (C=O) groups is 1. The maximum atomic E-state index is 12.6. The molecule has 2 heterocycles. The Hall–Kier alpha value is -2.61. The number of alkyl halides is 3. The maximum Gasteiger partial charge on any atom is 0.416 e. The largest absolute Gasteiger partial charge is 0.416 e. The molecule has 1 atom stereocenters. The molecule has 3 rings (SSSR count). The smallest absolute Gasteiger partial charge is 0.388 e. The number of aliphatic hydroxyl groups excluding tert-OH is 1. The van der Waals surface area contributed by atoms with Crippen LogP contribution < -0.4 is 4.90 Å². The first-order chi connectivity index (χ1) is 11.7. The van der Waals surface area contributed by atoms with E-state index in [4.69, 9.17) is 4.52 Å². The van der Waals surface area contributed by atoms with Crippen LogP contribution in [0.15, 0.2) is 46.5 Å². The lowest BCUT2D eigenvalue weighted by Gasteiger charge is -2.15. The van der Waals surface area contributed by atoms with Crippen LogP contribution >= 0.6 is 0 Å². The van der Waals surface area contributed by atoms with Gasteiger partial charge in [0.05, 0.1) is 11.7 Å². The second kappa shape index (κ2) is 6.36. The van der Waals surface area contributed by atoms with Crippen LogP contribution in [0.4, 0.5) is 19.0 Å². The third kappa shape index (κ3) is 3.74. The molecule has 5 nitrogen and oxygen atoms in total. The van der Waals surface area contributed by atoms with Gasteiger partial charge in [0.1, 0.15) is 5.76 Å². The van der Waals surface area contributed by atoms with Crippen LogP contribution in [0.5, 0.6) is 0 Å². The van der Waals surface area contributed by atoms with E-state index in [1.54, 1.807) is 13.0 Å². The van der Waals surface area contributed by atoms with Crippen molar-refractivity contribution in [3.05, 3.63) is 58.9 Å². The van der Waals surface area contributed by atoms with E-state index < -0.39 is 17.8 Å². The Morgan fingerprint density at radius 1 is 1.32 bits per heavy atom. The highest BCUT2D eigenvalue weighted by atomic mass is 19.4. The first-order valence-corrected chi connectivity index (χ1v) is 7.53. The number of anilines is 1. The Kier molecular flexibility index (Phi) is 4.38. The predicted octanol–water partition coefficient (Wildman–Crippen LogP) is 3.40. The lowest BCUT2D eigenvalue weighted by Crippen LogP contribution is -2.25. The highest BCUT2D eigenvalue weighted by Crippen LogP contribution is 2.31. The van der Waals surface area contributed by atoms with Crippen LogP contribution in [-0.2, 0) is 11.0 Å². The molecule has 1 N–H and O–H groups in total. The number of aliphatic hydroxyl groups is 1. The number of hydrogen-bond acceptors (Lipinski definition) is 4. The number of amides is 1. The molecule has 0 spiro atoms. The zero-order chi connectivity index (χ0) is 18.2. The van der Waals surface area contributed by atoms with Crippen molar-refractivity contribution in [2.24, 2.45) is 0 Å². The summed E-state index contributed by atoms with van der Waals surface area (Å²) in [4.78, 5) is 13.4. The van der Waals surface area contributed by atoms with Crippen LogP contribution in [0, 0.1) is 6.92 Å². The Morgan fingerprint density at radius 2 is 2.00 bits per heavy atom. The molecule has 0 saturated heterocycles. The van der Waals surface area contributed by atoms with Gasteiger partial charge in [0.15, 0.2) is 5.82 Å². The van der Waals surface area contributed by atoms with Crippen molar-refractivity contribution in [3.63, 3.8) is 0 Å². The van der Waals surface area contributed by atoms with Gasteiger partial charge < -0.3 is 9.63 Å². The van der Waals surface area contributed by atoms with Crippen LogP contribution in [0.3, 0.4) is 0 Å². The number of aromatic nitrogens is 1. The highest BCUT2D eigenvalue weighted by Gasteiger charge is 2.30. The average molecular weight is 352 g/mol. The van der Waals surface area contributed by atoms with Gasteiger partial charge in [-0.15, -0.1) is 0 Å². The molecule has 8 heteroatoms. The molecule has 0 radical (unpaired) electrons. The topological polar surface area (TPSA) is 66.6 Å². The number of nitrogens with zero attached hydrogens (tertiary/aromatic N) is 2. The van der Waals surface area contributed by atoms with Crippen LogP contribution in [0.25, 0.3) is 0 Å². The Bertz CT molecular complexity index is 809. The monoisotopic (exact) mass is 352 g/mol. The summed E-state index contributed by atoms with van der Waals surface area (Å²) >= 11 is 0. The summed E-state index contributed by atoms with van der Waals surface area (Å²) in [6.07, 6.45) is -3.87. The second-order valence-electron chi connectivity index (χ2n) is 5.86. The van der Waals surface area contributed by atoms with Crippen LogP contribution in [0.2, 0.25) is 0 Å². The summed E-state index contributed by atoms with van der Waals surface area (Å²) in [5.74, 6) is 0.682. The number of benzene rings is 1. The van der Waals surface area contributed by atoms with Crippen molar-refractivity contribution in [3.8, 4) is 0 Å². The molecule has 1 amide bonds. The summed E-state index contributed by atoms with van der Waals surface area (Å²) in [6.45, 7) is 1.96. The quantitative estimate of drug-likeness (QED) is 0.916. The van der Waals surface area contributed by atoms with Crippen molar-refractivity contribution < 1.29 is 27.6 Å². The number of aryl methyl sites for hydroxylation is 1. The van der Waals surface area contributed by atoms with E-state index in [2.05, 4.69) is 5.16 Å². The first-order valence-electron chi connectivity index (χ1n) is 7.53. The summed E-state index contributed by atoms with van der Waals surface area (Å²) < 4.78 is 42.6. The van der Waals surface area contributed by atoms with Crippen molar-refractivity contribution in [2.75, 3.05) is 11.4 Å². The average Bonchev–Trinajstić information content (AvgIpc) is 3.12. The zero-order valence-electron chi connectivity index (χ0n) is 13.2. The first kappa shape index (κ1) is 17.2. The predicted molar refractivity (Wildman–Crippen MR) is 82.7 cm³/mol. The minimum atomic E-state index is -4.42. The van der Waals surface area contributed by atoms with Gasteiger partial charge in [0, 0.05) is 25.1 Å². The fraction of sp³-hybridized carbons (Fsp3) is 0.294. The Morgan fingerprint density at radius 3 is 2.56 bits per heavy atom. The number of rotatable bonds is 4. The van der Waals surface area contributed by atoms with Gasteiger partial charge in [0.2, 0.25) is 0 Å². The molecule has 1 unspecified atom stereocenters. The van der Waals surface area contributed by atoms with Crippen molar-refractivity contribution in [2.45, 2.75) is 25.6 Å². The molecule has 1 aliphatic heterocycles. The van der Waals surface area contributed by atoms with Gasteiger partial charge in [-0.2, -0.15) is 13.2 Å². The molecule has 0 fully saturated rings. The Balaban J connectivity index is 1.66. The molecule has 132 valence electrons. The maximum absolute atomic E-state index is 12.6. The third-order valence-electron chi connectivity index (χ3n) is 3.93. The van der Waals surface area contributed by atoms with Crippen molar-refractivity contribution in [1.82, 2.24) is 5.16 Å². The molecule has 1 aromatic heterocycles. The lowest BCUT2D eigenvalue weighted by molar-refractivity contribution is -0.137. The normalized spacial score (nSPS) is 16.3. The van der Waals surface area contributed by atoms with Gasteiger partial charge in [-0.25, -0.2) is 0 Å². The van der Waals surface area contributed by atoms with E-state index in [9.17, 15) is 23.1 Å². The summed E-state index contributed by atoms with van der Waals surface area (Å²) in [7, 11) is 0. The number of halogens is 3. The van der Waals surface area contributed by atoms with E-state index in [0.717, 1.165) is 12.1 Å². The van der Waals surface area contributed by atoms with E-state index >= 15 is 0 Å². The molecule has 25 heavy (non-hydrogen) atoms. The second-order valence-corrected chi connectivity index (χ2v) is 5.86. The number of hydrogen-bond donors (Lipinski definition) is 1. The van der Waals surface area contributed by atoms with E-state index in [1.807, 2.05) is 0 Å². The Labute approximate surface area is 141 Å². The van der Waals surface area contributed by atoms with Gasteiger partial charge in [-0.05, 0) is 30.2 Å². The standard InChI is InChI=1S/C17H15F3N2O3/c1-10-6-15(21-25-10)22-9-11(8-16(22)24)7-14(23)12-2-4-13(5-3-12)17(18,19)20/h2-6,8,14,23H,7,9H2,1H3. The van der Waals surface area contributed by atoms with Gasteiger partial charge in [-0.1, -0.05) is 17.3 Å². The molecule has 1 aromatic carbocycles. The van der Waals surface area contributed by atoms with Crippen LogP contribution in [-0.4, -0.2) is 22.7 Å². The van der Waals surface area contributed by atoms with Crippen molar-refractivity contribution in [1.29, 1.82) is 0 Å². The third-order valence-corrected chi connectivity index (χ3v) is 3.93. The van der Waals surface area contributed by atoms with Gasteiger partial charge >= 0.3 is 6.18 Å². The van der Waals surface area contributed by atoms with Gasteiger partial charge in [0.25, 0.3) is 5.91 Å². The molecule has 0 aliphatic carbocycles. The zero-order valence-corrected chi connectivity index (χ0v) is 13.2. The van der Waals surface area contributed by atoms with Crippen molar-refractivity contribution >= 4 is 11.7 Å². The SMILES string of the molecule is Cc1cc(N2CC(CC(O)c3ccc(C(F)(F)F)cc3)=CC2=O)no1. The lowest BCUT2D eigenvalue weighted by atomic mass is 10.0. The molecular formula is C17H15F3N2O3. The van der Waals surface area contributed by atoms with Crippen LogP contribution in [0.1, 0.15) is 29.4 Å². The highest BCUT2D eigenvalue weighted by molar-refractivity contribution is 6.04. The molecule has 0 bridgehead atoms. The van der Waals surface area contributed by atoms with E-state index in [1.165, 1.54) is 23.1 Å². The summed E-state index contributed by atoms with van der Waals surface area (Å²) in [5, 5.41) is 14.0. The molecular weight excluding hydrogens is 337 g/mol.